The van der Waals surface area contributed by atoms with Gasteiger partial charge in [0, 0.05) is 24.2 Å². The molecule has 3 aromatic heterocycles. The van der Waals surface area contributed by atoms with Crippen LogP contribution in [-0.4, -0.2) is 25.7 Å². The molecule has 1 aromatic carbocycles. The van der Waals surface area contributed by atoms with Crippen LogP contribution in [0.4, 0.5) is 5.82 Å². The average Bonchev–Trinajstić information content (AvgIpc) is 3.45. The van der Waals surface area contributed by atoms with Crippen LogP contribution < -0.4 is 5.73 Å². The lowest BCUT2D eigenvalue weighted by molar-refractivity contribution is -0.138. The van der Waals surface area contributed by atoms with E-state index < -0.39 is 5.97 Å². The predicted octanol–water partition coefficient (Wildman–Crippen LogP) is 5.46. The zero-order valence-electron chi connectivity index (χ0n) is 17.1. The first-order chi connectivity index (χ1) is 15.1. The van der Waals surface area contributed by atoms with Crippen molar-refractivity contribution >= 4 is 28.8 Å². The number of carboxylic acid groups (broad SMARTS) is 1. The fourth-order valence-corrected chi connectivity index (χ4v) is 5.28. The lowest BCUT2D eigenvalue weighted by Gasteiger charge is -2.28. The van der Waals surface area contributed by atoms with E-state index in [4.69, 9.17) is 10.8 Å². The van der Waals surface area contributed by atoms with Crippen molar-refractivity contribution in [2.45, 2.75) is 38.0 Å². The van der Waals surface area contributed by atoms with E-state index in [0.29, 0.717) is 24.1 Å². The first-order valence-corrected chi connectivity index (χ1v) is 11.5. The summed E-state index contributed by atoms with van der Waals surface area (Å²) in [6.45, 7) is 0. The summed E-state index contributed by atoms with van der Waals surface area (Å²) < 4.78 is 1.71. The first-order valence-electron chi connectivity index (χ1n) is 10.6. The molecular weight excluding hydrogens is 408 g/mol. The van der Waals surface area contributed by atoms with Gasteiger partial charge in [0.1, 0.15) is 11.5 Å². The normalized spacial score (nSPS) is 19.0. The van der Waals surface area contributed by atoms with Crippen LogP contribution in [-0.2, 0) is 4.79 Å². The Kier molecular flexibility index (Phi) is 5.19. The van der Waals surface area contributed by atoms with E-state index in [2.05, 4.69) is 34.3 Å². The fraction of sp³-hybridized carbons (Fsp3) is 0.292. The van der Waals surface area contributed by atoms with E-state index in [1.54, 1.807) is 15.9 Å². The van der Waals surface area contributed by atoms with E-state index >= 15 is 0 Å². The Morgan fingerprint density at radius 2 is 1.94 bits per heavy atom. The fourth-order valence-electron chi connectivity index (χ4n) is 4.60. The lowest BCUT2D eigenvalue weighted by atomic mass is 9.77. The molecule has 0 unspecified atom stereocenters. The average molecular weight is 433 g/mol. The molecule has 158 valence electrons. The van der Waals surface area contributed by atoms with E-state index in [0.717, 1.165) is 53.0 Å². The van der Waals surface area contributed by atoms with Crippen molar-refractivity contribution in [3.63, 3.8) is 0 Å². The van der Waals surface area contributed by atoms with Crippen molar-refractivity contribution in [2.24, 2.45) is 5.92 Å². The molecule has 4 aromatic rings. The zero-order valence-corrected chi connectivity index (χ0v) is 17.9. The number of hydrogen-bond donors (Lipinski definition) is 2. The van der Waals surface area contributed by atoms with Crippen LogP contribution in [0.1, 0.15) is 43.6 Å². The van der Waals surface area contributed by atoms with Gasteiger partial charge < -0.3 is 10.8 Å². The van der Waals surface area contributed by atoms with E-state index in [1.807, 2.05) is 29.8 Å². The molecule has 0 amide bonds. The molecule has 1 aliphatic carbocycles. The van der Waals surface area contributed by atoms with Gasteiger partial charge in [0.2, 0.25) is 0 Å². The number of nitrogens with zero attached hydrogens (tertiary/aromatic N) is 3. The number of benzene rings is 1. The molecule has 0 saturated heterocycles. The number of fused-ring (bicyclic) bond motifs is 1. The summed E-state index contributed by atoms with van der Waals surface area (Å²) >= 11 is 1.64. The molecular formula is C24H24N4O2S. The molecule has 7 heteroatoms. The van der Waals surface area contributed by atoms with Gasteiger partial charge in [-0.05, 0) is 60.1 Å². The second-order valence-electron chi connectivity index (χ2n) is 8.27. The van der Waals surface area contributed by atoms with Gasteiger partial charge in [-0.15, -0.1) is 11.3 Å². The number of rotatable bonds is 5. The maximum absolute atomic E-state index is 10.9. The molecule has 0 radical (unpaired) electrons. The highest BCUT2D eigenvalue weighted by molar-refractivity contribution is 7.13. The number of aromatic nitrogens is 3. The highest BCUT2D eigenvalue weighted by Gasteiger charge is 2.24. The number of aliphatic carboxylic acids is 1. The SMILES string of the molecule is Nc1c(-c2ccc(C3CCC(CC(=O)O)CC3)cc2)cnc2cc(-c3cccs3)nn12. The Bertz CT molecular complexity index is 1210. The van der Waals surface area contributed by atoms with Crippen LogP contribution >= 0.6 is 11.3 Å². The van der Waals surface area contributed by atoms with E-state index in [-0.39, 0.29) is 0 Å². The Morgan fingerprint density at radius 3 is 2.61 bits per heavy atom. The van der Waals surface area contributed by atoms with Gasteiger partial charge in [0.05, 0.1) is 4.88 Å². The monoisotopic (exact) mass is 432 g/mol. The Labute approximate surface area is 184 Å². The van der Waals surface area contributed by atoms with Crippen molar-refractivity contribution in [3.05, 3.63) is 59.6 Å². The summed E-state index contributed by atoms with van der Waals surface area (Å²) in [5.74, 6) is 0.709. The van der Waals surface area contributed by atoms with Crippen molar-refractivity contribution in [1.82, 2.24) is 14.6 Å². The second kappa shape index (κ2) is 8.15. The van der Waals surface area contributed by atoms with Crippen molar-refractivity contribution in [1.29, 1.82) is 0 Å². The van der Waals surface area contributed by atoms with Crippen LogP contribution in [0.15, 0.2) is 54.0 Å². The van der Waals surface area contributed by atoms with Gasteiger partial charge in [-0.25, -0.2) is 4.98 Å². The quantitative estimate of drug-likeness (QED) is 0.437. The van der Waals surface area contributed by atoms with E-state index in [1.165, 1.54) is 5.56 Å². The molecule has 0 bridgehead atoms. The summed E-state index contributed by atoms with van der Waals surface area (Å²) in [5, 5.41) is 15.7. The second-order valence-corrected chi connectivity index (χ2v) is 9.22. The van der Waals surface area contributed by atoms with Gasteiger partial charge in [-0.3, -0.25) is 4.79 Å². The summed E-state index contributed by atoms with van der Waals surface area (Å²) in [4.78, 5) is 16.6. The number of carboxylic acids is 1. The minimum atomic E-state index is -0.685. The Morgan fingerprint density at radius 1 is 1.16 bits per heavy atom. The molecule has 3 N–H and O–H groups in total. The van der Waals surface area contributed by atoms with Gasteiger partial charge in [-0.2, -0.15) is 9.61 Å². The molecule has 0 aliphatic heterocycles. The van der Waals surface area contributed by atoms with Crippen molar-refractivity contribution in [2.75, 3.05) is 5.73 Å². The standard InChI is InChI=1S/C24H24N4O2S/c25-24-19(14-26-22-13-20(27-28(22)24)21-2-1-11-31-21)18-9-7-17(8-10-18)16-5-3-15(4-6-16)12-23(29)30/h1-2,7-11,13-16H,3-6,12,25H2,(H,29,30). The topological polar surface area (TPSA) is 93.5 Å². The molecule has 5 rings (SSSR count). The third kappa shape index (κ3) is 3.93. The molecule has 0 atom stereocenters. The van der Waals surface area contributed by atoms with Crippen LogP contribution in [0.25, 0.3) is 27.3 Å². The van der Waals surface area contributed by atoms with E-state index in [9.17, 15) is 4.79 Å². The number of hydrogen-bond acceptors (Lipinski definition) is 5. The largest absolute Gasteiger partial charge is 0.481 e. The van der Waals surface area contributed by atoms with Gasteiger partial charge in [-0.1, -0.05) is 30.3 Å². The van der Waals surface area contributed by atoms with Crippen LogP contribution in [0.5, 0.6) is 0 Å². The number of thiophene rings is 1. The van der Waals surface area contributed by atoms with Gasteiger partial charge >= 0.3 is 5.97 Å². The summed E-state index contributed by atoms with van der Waals surface area (Å²) in [6, 6.07) is 14.5. The van der Waals surface area contributed by atoms with Crippen molar-refractivity contribution < 1.29 is 9.90 Å². The van der Waals surface area contributed by atoms with Gasteiger partial charge in [0.25, 0.3) is 0 Å². The number of nitrogen functional groups attached to an aromatic ring is 1. The first kappa shape index (κ1) is 19.8. The predicted molar refractivity (Wildman–Crippen MR) is 123 cm³/mol. The minimum Gasteiger partial charge on any atom is -0.481 e. The van der Waals surface area contributed by atoms with Gasteiger partial charge in [0.15, 0.2) is 5.65 Å². The third-order valence-electron chi connectivity index (χ3n) is 6.30. The molecule has 0 spiro atoms. The third-order valence-corrected chi connectivity index (χ3v) is 7.19. The number of nitrogens with two attached hydrogens (primary N) is 1. The highest BCUT2D eigenvalue weighted by atomic mass is 32.1. The van der Waals surface area contributed by atoms with Crippen LogP contribution in [0, 0.1) is 5.92 Å². The van der Waals surface area contributed by atoms with Crippen LogP contribution in [0.3, 0.4) is 0 Å². The Balaban J connectivity index is 1.36. The zero-order chi connectivity index (χ0) is 21.4. The molecule has 1 fully saturated rings. The molecule has 3 heterocycles. The summed E-state index contributed by atoms with van der Waals surface area (Å²) in [5.41, 5.74) is 11.3. The Hall–Kier alpha value is -3.19. The maximum atomic E-state index is 10.9. The maximum Gasteiger partial charge on any atom is 0.303 e. The van der Waals surface area contributed by atoms with Crippen LogP contribution in [0.2, 0.25) is 0 Å². The molecule has 31 heavy (non-hydrogen) atoms. The summed E-state index contributed by atoms with van der Waals surface area (Å²) in [7, 11) is 0. The smallest absolute Gasteiger partial charge is 0.303 e. The molecule has 1 saturated carbocycles. The lowest BCUT2D eigenvalue weighted by Crippen LogP contribution is -2.16. The van der Waals surface area contributed by atoms with Crippen molar-refractivity contribution in [3.8, 4) is 21.7 Å². The molecule has 6 nitrogen and oxygen atoms in total. The summed E-state index contributed by atoms with van der Waals surface area (Å²) in [6.07, 6.45) is 6.17. The number of anilines is 1. The molecule has 1 aliphatic rings. The number of carbonyl (C=O) groups is 1. The highest BCUT2D eigenvalue weighted by Crippen LogP contribution is 2.38. The minimum absolute atomic E-state index is 0.294.